The van der Waals surface area contributed by atoms with Crippen molar-refractivity contribution in [3.63, 3.8) is 0 Å². The molecule has 0 saturated carbocycles. The Bertz CT molecular complexity index is 1870. The number of rotatable bonds is 15. The van der Waals surface area contributed by atoms with Gasteiger partial charge in [-0.3, -0.25) is 28.8 Å². The fraction of sp³-hybridized carbons (Fsp3) is 0.375. The molecule has 0 aromatic heterocycles. The van der Waals surface area contributed by atoms with Crippen LogP contribution < -0.4 is 16.0 Å². The fourth-order valence-corrected chi connectivity index (χ4v) is 6.45. The molecule has 318 valence electrons. The van der Waals surface area contributed by atoms with Crippen LogP contribution in [0.2, 0.25) is 0 Å². The Morgan fingerprint density at radius 2 is 0.600 bits per heavy atom. The lowest BCUT2D eigenvalue weighted by molar-refractivity contribution is -0.124. The number of hydrogen-bond donors (Lipinski definition) is 3. The van der Waals surface area contributed by atoms with Crippen LogP contribution in [0, 0.1) is 0 Å². The Labute approximate surface area is 354 Å². The predicted molar refractivity (Wildman–Crippen MR) is 234 cm³/mol. The van der Waals surface area contributed by atoms with E-state index in [9.17, 15) is 28.8 Å². The Morgan fingerprint density at radius 3 is 0.800 bits per heavy atom. The highest BCUT2D eigenvalue weighted by Crippen LogP contribution is 2.21. The van der Waals surface area contributed by atoms with Crippen LogP contribution >= 0.6 is 0 Å². The second kappa shape index (κ2) is 20.1. The van der Waals surface area contributed by atoms with Gasteiger partial charge in [0.15, 0.2) is 0 Å². The maximum atomic E-state index is 14.8. The molecule has 60 heavy (non-hydrogen) atoms. The van der Waals surface area contributed by atoms with Gasteiger partial charge >= 0.3 is 0 Å². The molecular formula is C48H60N6O6. The standard InChI is InChI=1S/C48H60N6O6/c1-46(2,3)49-40(55)31-52(28-34-19-13-10-14-20-34)43(58)37-25-38(44(59)53(29-35-21-15-11-16-22-35)32-41(56)50-47(4,5)6)27-39(26-37)45(60)54(30-36-23-17-12-18-24-36)33-42(57)51-48(7,8)9/h10-27H,28-33H2,1-9H3,(H,49,55)(H,50,56)(H,51,57). The van der Waals surface area contributed by atoms with Crippen LogP contribution in [0.4, 0.5) is 0 Å². The Morgan fingerprint density at radius 1 is 0.383 bits per heavy atom. The first kappa shape index (κ1) is 46.4. The molecule has 12 heteroatoms. The first-order valence-corrected chi connectivity index (χ1v) is 20.1. The Hall–Kier alpha value is -6.30. The summed E-state index contributed by atoms with van der Waals surface area (Å²) >= 11 is 0. The first-order chi connectivity index (χ1) is 28.0. The number of hydrogen-bond acceptors (Lipinski definition) is 6. The highest BCUT2D eigenvalue weighted by atomic mass is 16.2. The minimum Gasteiger partial charge on any atom is -0.350 e. The molecule has 0 aliphatic carbocycles. The Balaban J connectivity index is 1.88. The SMILES string of the molecule is CC(C)(C)NC(=O)CN(Cc1ccccc1)C(=O)c1cc(C(=O)N(CC(=O)NC(C)(C)C)Cc2ccccc2)cc(C(=O)N(CC(=O)NC(C)(C)C)Cc2ccccc2)c1. The van der Waals surface area contributed by atoms with E-state index in [1.807, 2.05) is 153 Å². The number of carbonyl (C=O) groups excluding carboxylic acids is 6. The third-order valence-corrected chi connectivity index (χ3v) is 8.73. The lowest BCUT2D eigenvalue weighted by Crippen LogP contribution is -2.47. The number of benzene rings is 4. The summed E-state index contributed by atoms with van der Waals surface area (Å²) in [6.07, 6.45) is 0. The van der Waals surface area contributed by atoms with Crippen LogP contribution in [-0.4, -0.2) is 86.4 Å². The van der Waals surface area contributed by atoms with Crippen molar-refractivity contribution in [2.45, 2.75) is 98.6 Å². The van der Waals surface area contributed by atoms with E-state index in [1.165, 1.54) is 32.9 Å². The van der Waals surface area contributed by atoms with Crippen LogP contribution in [0.25, 0.3) is 0 Å². The zero-order valence-electron chi connectivity index (χ0n) is 36.4. The van der Waals surface area contributed by atoms with Gasteiger partial charge in [0.2, 0.25) is 17.7 Å². The van der Waals surface area contributed by atoms with Crippen molar-refractivity contribution in [1.29, 1.82) is 0 Å². The molecular weight excluding hydrogens is 757 g/mol. The molecule has 0 spiro atoms. The molecule has 6 amide bonds. The van der Waals surface area contributed by atoms with Crippen molar-refractivity contribution < 1.29 is 28.8 Å². The second-order valence-electron chi connectivity index (χ2n) is 18.1. The van der Waals surface area contributed by atoms with Gasteiger partial charge in [0.05, 0.1) is 0 Å². The second-order valence-corrected chi connectivity index (χ2v) is 18.1. The van der Waals surface area contributed by atoms with Crippen LogP contribution in [-0.2, 0) is 34.0 Å². The largest absolute Gasteiger partial charge is 0.350 e. The van der Waals surface area contributed by atoms with E-state index in [4.69, 9.17) is 0 Å². The predicted octanol–water partition coefficient (Wildman–Crippen LogP) is 6.36. The summed E-state index contributed by atoms with van der Waals surface area (Å²) in [5.74, 6) is -3.00. The topological polar surface area (TPSA) is 148 Å². The van der Waals surface area contributed by atoms with Crippen LogP contribution in [0.1, 0.15) is 110 Å². The van der Waals surface area contributed by atoms with Crippen LogP contribution in [0.5, 0.6) is 0 Å². The molecule has 0 fully saturated rings. The quantitative estimate of drug-likeness (QED) is 0.127. The van der Waals surface area contributed by atoms with Gasteiger partial charge in [0.25, 0.3) is 17.7 Å². The number of amides is 6. The van der Waals surface area contributed by atoms with Crippen molar-refractivity contribution in [1.82, 2.24) is 30.7 Å². The normalized spacial score (nSPS) is 11.6. The first-order valence-electron chi connectivity index (χ1n) is 20.1. The summed E-state index contributed by atoms with van der Waals surface area (Å²) in [7, 11) is 0. The molecule has 0 saturated heterocycles. The van der Waals surface area contributed by atoms with E-state index in [0.717, 1.165) is 16.7 Å². The third-order valence-electron chi connectivity index (χ3n) is 8.73. The summed E-state index contributed by atoms with van der Waals surface area (Å²) < 4.78 is 0. The fourth-order valence-electron chi connectivity index (χ4n) is 6.45. The van der Waals surface area contributed by atoms with Gasteiger partial charge < -0.3 is 30.7 Å². The van der Waals surface area contributed by atoms with Gasteiger partial charge in [-0.1, -0.05) is 91.0 Å². The molecule has 0 aliphatic heterocycles. The summed E-state index contributed by atoms with van der Waals surface area (Å²) in [5, 5.41) is 8.75. The van der Waals surface area contributed by atoms with Crippen LogP contribution in [0.3, 0.4) is 0 Å². The van der Waals surface area contributed by atoms with Crippen molar-refractivity contribution in [2.75, 3.05) is 19.6 Å². The molecule has 0 aliphatic rings. The van der Waals surface area contributed by atoms with E-state index >= 15 is 0 Å². The number of nitrogens with zero attached hydrogens (tertiary/aromatic N) is 3. The molecule has 0 bridgehead atoms. The molecule has 0 unspecified atom stereocenters. The average Bonchev–Trinajstić information content (AvgIpc) is 3.15. The monoisotopic (exact) mass is 816 g/mol. The van der Waals surface area contributed by atoms with Gasteiger partial charge in [-0.2, -0.15) is 0 Å². The van der Waals surface area contributed by atoms with E-state index in [0.29, 0.717) is 0 Å². The van der Waals surface area contributed by atoms with E-state index < -0.39 is 52.1 Å². The molecule has 0 radical (unpaired) electrons. The zero-order valence-corrected chi connectivity index (χ0v) is 36.4. The van der Waals surface area contributed by atoms with Crippen molar-refractivity contribution in [2.24, 2.45) is 0 Å². The lowest BCUT2D eigenvalue weighted by atomic mass is 10.0. The molecule has 0 atom stereocenters. The van der Waals surface area contributed by atoms with E-state index in [1.54, 1.807) is 0 Å². The van der Waals surface area contributed by atoms with Gasteiger partial charge in [-0.25, -0.2) is 0 Å². The molecule has 4 aromatic carbocycles. The van der Waals surface area contributed by atoms with E-state index in [2.05, 4.69) is 16.0 Å². The summed E-state index contributed by atoms with van der Waals surface area (Å²) in [4.78, 5) is 88.5. The minimum atomic E-state index is -0.605. The summed E-state index contributed by atoms with van der Waals surface area (Å²) in [5.41, 5.74) is 0.472. The Kier molecular flexibility index (Phi) is 15.5. The van der Waals surface area contributed by atoms with Crippen LogP contribution in [0.15, 0.2) is 109 Å². The van der Waals surface area contributed by atoms with Gasteiger partial charge in [0, 0.05) is 52.9 Å². The van der Waals surface area contributed by atoms with Crippen molar-refractivity contribution in [3.05, 3.63) is 143 Å². The number of carbonyl (C=O) groups is 6. The third kappa shape index (κ3) is 15.5. The van der Waals surface area contributed by atoms with Gasteiger partial charge in [-0.05, 0) is 97.2 Å². The van der Waals surface area contributed by atoms with Crippen molar-refractivity contribution >= 4 is 35.4 Å². The lowest BCUT2D eigenvalue weighted by Gasteiger charge is -2.28. The molecule has 3 N–H and O–H groups in total. The maximum absolute atomic E-state index is 14.8. The molecule has 4 rings (SSSR count). The summed E-state index contributed by atoms with van der Waals surface area (Å²) in [6, 6.07) is 31.8. The number of nitrogens with one attached hydrogen (secondary N) is 3. The van der Waals surface area contributed by atoms with E-state index in [-0.39, 0.29) is 56.0 Å². The smallest absolute Gasteiger partial charge is 0.254 e. The molecule has 0 heterocycles. The average molecular weight is 817 g/mol. The highest BCUT2D eigenvalue weighted by Gasteiger charge is 2.29. The molecule has 4 aromatic rings. The van der Waals surface area contributed by atoms with Gasteiger partial charge in [-0.15, -0.1) is 0 Å². The molecule has 12 nitrogen and oxygen atoms in total. The zero-order chi connectivity index (χ0) is 44.3. The minimum absolute atomic E-state index is 0.0266. The summed E-state index contributed by atoms with van der Waals surface area (Å²) in [6.45, 7) is 15.8. The van der Waals surface area contributed by atoms with Gasteiger partial charge in [0.1, 0.15) is 19.6 Å². The van der Waals surface area contributed by atoms with Crippen molar-refractivity contribution in [3.8, 4) is 0 Å². The maximum Gasteiger partial charge on any atom is 0.254 e. The highest BCUT2D eigenvalue weighted by molar-refractivity contribution is 6.06.